The monoisotopic (exact) mass is 296 g/mol. The Labute approximate surface area is 130 Å². The van der Waals surface area contributed by atoms with E-state index in [9.17, 15) is 4.79 Å². The van der Waals surface area contributed by atoms with Crippen molar-refractivity contribution in [1.29, 1.82) is 0 Å². The van der Waals surface area contributed by atoms with Gasteiger partial charge in [0.15, 0.2) is 6.10 Å². The molecule has 0 saturated heterocycles. The number of carbonyl (C=O) groups is 1. The maximum atomic E-state index is 12.7. The zero-order valence-corrected chi connectivity index (χ0v) is 12.9. The summed E-state index contributed by atoms with van der Waals surface area (Å²) in [5.41, 5.74) is 9.57. The van der Waals surface area contributed by atoms with E-state index < -0.39 is 6.10 Å². The first-order valence-corrected chi connectivity index (χ1v) is 7.52. The molecular formula is C18H20N2O2. The Hall–Kier alpha value is -2.49. The van der Waals surface area contributed by atoms with Crippen molar-refractivity contribution in [3.8, 4) is 5.75 Å². The molecular weight excluding hydrogens is 276 g/mol. The SMILES string of the molecule is CCN1C(=O)C(Cc2ccccc2C)Oc2cc(N)ccc21. The van der Waals surface area contributed by atoms with E-state index in [-0.39, 0.29) is 5.91 Å². The van der Waals surface area contributed by atoms with Crippen molar-refractivity contribution in [2.24, 2.45) is 0 Å². The Bertz CT molecular complexity index is 712. The minimum absolute atomic E-state index is 0.00280. The third-order valence-corrected chi connectivity index (χ3v) is 4.07. The van der Waals surface area contributed by atoms with Gasteiger partial charge in [0.2, 0.25) is 0 Å². The number of likely N-dealkylation sites (N-methyl/N-ethyl adjacent to an activating group) is 1. The molecule has 1 aliphatic rings. The first kappa shape index (κ1) is 14.4. The third-order valence-electron chi connectivity index (χ3n) is 4.07. The highest BCUT2D eigenvalue weighted by atomic mass is 16.5. The molecule has 3 rings (SSSR count). The molecule has 0 aliphatic carbocycles. The number of rotatable bonds is 3. The molecule has 0 aromatic heterocycles. The van der Waals surface area contributed by atoms with Crippen LogP contribution in [0.4, 0.5) is 11.4 Å². The number of fused-ring (bicyclic) bond motifs is 1. The average molecular weight is 296 g/mol. The fraction of sp³-hybridized carbons (Fsp3) is 0.278. The number of benzene rings is 2. The highest BCUT2D eigenvalue weighted by Gasteiger charge is 2.33. The van der Waals surface area contributed by atoms with Gasteiger partial charge >= 0.3 is 0 Å². The molecule has 1 heterocycles. The molecule has 0 fully saturated rings. The minimum Gasteiger partial charge on any atom is -0.478 e. The van der Waals surface area contributed by atoms with E-state index in [0.717, 1.165) is 11.3 Å². The average Bonchev–Trinajstić information content (AvgIpc) is 2.50. The van der Waals surface area contributed by atoms with Gasteiger partial charge in [0.05, 0.1) is 5.69 Å². The molecule has 2 N–H and O–H groups in total. The molecule has 0 radical (unpaired) electrons. The molecule has 4 nitrogen and oxygen atoms in total. The summed E-state index contributed by atoms with van der Waals surface area (Å²) in [4.78, 5) is 14.5. The summed E-state index contributed by atoms with van der Waals surface area (Å²) in [5, 5.41) is 0. The molecule has 1 aliphatic heterocycles. The van der Waals surface area contributed by atoms with Gasteiger partial charge in [-0.1, -0.05) is 24.3 Å². The predicted octanol–water partition coefficient (Wildman–Crippen LogP) is 2.93. The van der Waals surface area contributed by atoms with Gasteiger partial charge < -0.3 is 15.4 Å². The van der Waals surface area contributed by atoms with E-state index in [1.54, 1.807) is 17.0 Å². The van der Waals surface area contributed by atoms with Crippen molar-refractivity contribution in [2.75, 3.05) is 17.2 Å². The van der Waals surface area contributed by atoms with Crippen LogP contribution in [0.3, 0.4) is 0 Å². The molecule has 1 unspecified atom stereocenters. The number of nitrogens with zero attached hydrogens (tertiary/aromatic N) is 1. The van der Waals surface area contributed by atoms with Crippen molar-refractivity contribution in [2.45, 2.75) is 26.4 Å². The van der Waals surface area contributed by atoms with E-state index in [2.05, 4.69) is 0 Å². The standard InChI is InChI=1S/C18H20N2O2/c1-3-20-15-9-8-14(19)11-16(15)22-17(18(20)21)10-13-7-5-4-6-12(13)2/h4-9,11,17H,3,10,19H2,1-2H3. The zero-order chi connectivity index (χ0) is 15.7. The molecule has 0 bridgehead atoms. The van der Waals surface area contributed by atoms with Crippen LogP contribution < -0.4 is 15.4 Å². The predicted molar refractivity (Wildman–Crippen MR) is 88.2 cm³/mol. The summed E-state index contributed by atoms with van der Waals surface area (Å²) in [6.45, 7) is 4.63. The first-order valence-electron chi connectivity index (χ1n) is 7.52. The number of anilines is 2. The summed E-state index contributed by atoms with van der Waals surface area (Å²) >= 11 is 0. The van der Waals surface area contributed by atoms with E-state index in [1.807, 2.05) is 44.2 Å². The van der Waals surface area contributed by atoms with Crippen molar-refractivity contribution < 1.29 is 9.53 Å². The highest BCUT2D eigenvalue weighted by Crippen LogP contribution is 2.36. The van der Waals surface area contributed by atoms with Gasteiger partial charge in [-0.3, -0.25) is 4.79 Å². The van der Waals surface area contributed by atoms with Crippen LogP contribution in [-0.4, -0.2) is 18.6 Å². The Kier molecular flexibility index (Phi) is 3.75. The number of nitrogen functional groups attached to an aromatic ring is 1. The van der Waals surface area contributed by atoms with Gasteiger partial charge in [0.25, 0.3) is 5.91 Å². The smallest absolute Gasteiger partial charge is 0.268 e. The molecule has 4 heteroatoms. The quantitative estimate of drug-likeness (QED) is 0.886. The van der Waals surface area contributed by atoms with Gasteiger partial charge in [-0.25, -0.2) is 0 Å². The van der Waals surface area contributed by atoms with E-state index in [4.69, 9.17) is 10.5 Å². The lowest BCUT2D eigenvalue weighted by atomic mass is 10.0. The Balaban J connectivity index is 1.94. The van der Waals surface area contributed by atoms with Gasteiger partial charge in [-0.05, 0) is 37.1 Å². The van der Waals surface area contributed by atoms with E-state index in [1.165, 1.54) is 5.56 Å². The first-order chi connectivity index (χ1) is 10.6. The fourth-order valence-electron chi connectivity index (χ4n) is 2.84. The second kappa shape index (κ2) is 5.72. The second-order valence-corrected chi connectivity index (χ2v) is 5.55. The third kappa shape index (κ3) is 2.52. The largest absolute Gasteiger partial charge is 0.478 e. The summed E-state index contributed by atoms with van der Waals surface area (Å²) < 4.78 is 5.94. The Morgan fingerprint density at radius 2 is 2.00 bits per heavy atom. The highest BCUT2D eigenvalue weighted by molar-refractivity contribution is 6.00. The number of amides is 1. The number of aryl methyl sites for hydroxylation is 1. The van der Waals surface area contributed by atoms with Crippen LogP contribution in [0.15, 0.2) is 42.5 Å². The molecule has 1 atom stereocenters. The summed E-state index contributed by atoms with van der Waals surface area (Å²) in [5.74, 6) is 0.683. The number of ether oxygens (including phenoxy) is 1. The molecule has 1 amide bonds. The number of carbonyl (C=O) groups excluding carboxylic acids is 1. The topological polar surface area (TPSA) is 55.6 Å². The molecule has 2 aromatic rings. The molecule has 0 spiro atoms. The molecule has 22 heavy (non-hydrogen) atoms. The van der Waals surface area contributed by atoms with Crippen LogP contribution in [0.5, 0.6) is 5.75 Å². The van der Waals surface area contributed by atoms with Crippen LogP contribution in [0.25, 0.3) is 0 Å². The Morgan fingerprint density at radius 1 is 1.23 bits per heavy atom. The van der Waals surface area contributed by atoms with Crippen molar-refractivity contribution in [3.63, 3.8) is 0 Å². The van der Waals surface area contributed by atoms with E-state index in [0.29, 0.717) is 24.4 Å². The van der Waals surface area contributed by atoms with Gasteiger partial charge in [-0.2, -0.15) is 0 Å². The maximum Gasteiger partial charge on any atom is 0.268 e. The summed E-state index contributed by atoms with van der Waals surface area (Å²) in [6.07, 6.45) is 0.0614. The van der Waals surface area contributed by atoms with Gasteiger partial charge in [0, 0.05) is 24.7 Å². The normalized spacial score (nSPS) is 17.1. The van der Waals surface area contributed by atoms with Crippen LogP contribution in [-0.2, 0) is 11.2 Å². The number of nitrogens with two attached hydrogens (primary N) is 1. The van der Waals surface area contributed by atoms with E-state index >= 15 is 0 Å². The van der Waals surface area contributed by atoms with Gasteiger partial charge in [0.1, 0.15) is 5.75 Å². The molecule has 114 valence electrons. The lowest BCUT2D eigenvalue weighted by Gasteiger charge is -2.34. The van der Waals surface area contributed by atoms with Crippen molar-refractivity contribution >= 4 is 17.3 Å². The lowest BCUT2D eigenvalue weighted by molar-refractivity contribution is -0.126. The Morgan fingerprint density at radius 3 is 2.73 bits per heavy atom. The summed E-state index contributed by atoms with van der Waals surface area (Å²) in [7, 11) is 0. The van der Waals surface area contributed by atoms with Crippen LogP contribution >= 0.6 is 0 Å². The van der Waals surface area contributed by atoms with Crippen molar-refractivity contribution in [1.82, 2.24) is 0 Å². The lowest BCUT2D eigenvalue weighted by Crippen LogP contribution is -2.46. The number of hydrogen-bond acceptors (Lipinski definition) is 3. The molecule has 2 aromatic carbocycles. The fourth-order valence-corrected chi connectivity index (χ4v) is 2.84. The summed E-state index contributed by atoms with van der Waals surface area (Å²) in [6, 6.07) is 13.5. The van der Waals surface area contributed by atoms with Crippen LogP contribution in [0, 0.1) is 6.92 Å². The van der Waals surface area contributed by atoms with Crippen molar-refractivity contribution in [3.05, 3.63) is 53.6 Å². The second-order valence-electron chi connectivity index (χ2n) is 5.55. The van der Waals surface area contributed by atoms with Crippen LogP contribution in [0.2, 0.25) is 0 Å². The zero-order valence-electron chi connectivity index (χ0n) is 12.9. The number of hydrogen-bond donors (Lipinski definition) is 1. The maximum absolute atomic E-state index is 12.7. The van der Waals surface area contributed by atoms with Gasteiger partial charge in [-0.15, -0.1) is 0 Å². The van der Waals surface area contributed by atoms with Crippen LogP contribution in [0.1, 0.15) is 18.1 Å². The molecule has 0 saturated carbocycles. The minimum atomic E-state index is -0.504.